The number of carbonyl (C=O) groups is 3. The number of nitrogens with zero attached hydrogens (tertiary/aromatic N) is 1. The maximum atomic E-state index is 12.6. The number of benzene rings is 2. The van der Waals surface area contributed by atoms with Crippen LogP contribution in [-0.2, 0) is 20.9 Å². The highest BCUT2D eigenvalue weighted by Gasteiger charge is 2.34. The molecule has 0 unspecified atom stereocenters. The van der Waals surface area contributed by atoms with E-state index in [0.29, 0.717) is 24.5 Å². The normalized spacial score (nSPS) is 15.8. The predicted octanol–water partition coefficient (Wildman–Crippen LogP) is 2.15. The van der Waals surface area contributed by atoms with Gasteiger partial charge < -0.3 is 24.8 Å². The van der Waals surface area contributed by atoms with E-state index in [-0.39, 0.29) is 18.2 Å². The average Bonchev–Trinajstić information content (AvgIpc) is 3.08. The maximum Gasteiger partial charge on any atom is 0.341 e. The predicted molar refractivity (Wildman–Crippen MR) is 105 cm³/mol. The van der Waals surface area contributed by atoms with Gasteiger partial charge in [-0.1, -0.05) is 18.2 Å². The highest BCUT2D eigenvalue weighted by Crippen LogP contribution is 2.24. The summed E-state index contributed by atoms with van der Waals surface area (Å²) in [5.41, 5.74) is 1.45. The zero-order valence-electron chi connectivity index (χ0n) is 16.0. The second-order valence-corrected chi connectivity index (χ2v) is 6.72. The topological polar surface area (TPSA) is 105 Å². The van der Waals surface area contributed by atoms with Crippen LogP contribution in [0.1, 0.15) is 12.0 Å². The number of aliphatic carboxylic acids is 1. The fraction of sp³-hybridized carbons (Fsp3) is 0.286. The number of methoxy groups -OCH3 is 1. The molecular formula is C21H22N2O6. The van der Waals surface area contributed by atoms with E-state index in [9.17, 15) is 14.4 Å². The van der Waals surface area contributed by atoms with Gasteiger partial charge in [0.15, 0.2) is 6.61 Å². The van der Waals surface area contributed by atoms with E-state index in [1.807, 2.05) is 24.3 Å². The Bertz CT molecular complexity index is 896. The van der Waals surface area contributed by atoms with E-state index in [2.05, 4.69) is 5.32 Å². The van der Waals surface area contributed by atoms with Crippen LogP contribution >= 0.6 is 0 Å². The Labute approximate surface area is 168 Å². The number of ether oxygens (including phenoxy) is 2. The SMILES string of the molecule is COc1ccc(CN2C[C@H](C(=O)Nc3cccc(OCC(=O)O)c3)CC2=O)cc1. The molecule has 0 bridgehead atoms. The summed E-state index contributed by atoms with van der Waals surface area (Å²) in [6.45, 7) is 0.311. The van der Waals surface area contributed by atoms with Crippen LogP contribution in [0.2, 0.25) is 0 Å². The first-order chi connectivity index (χ1) is 13.9. The molecule has 0 radical (unpaired) electrons. The van der Waals surface area contributed by atoms with E-state index in [1.54, 1.807) is 36.3 Å². The number of likely N-dealkylation sites (tertiary alicyclic amines) is 1. The van der Waals surface area contributed by atoms with Crippen LogP contribution < -0.4 is 14.8 Å². The van der Waals surface area contributed by atoms with Gasteiger partial charge in [-0.15, -0.1) is 0 Å². The average molecular weight is 398 g/mol. The third kappa shape index (κ3) is 5.47. The number of hydrogen-bond donors (Lipinski definition) is 2. The molecule has 1 heterocycles. The minimum atomic E-state index is -1.08. The van der Waals surface area contributed by atoms with Crippen LogP contribution in [0, 0.1) is 5.92 Å². The maximum absolute atomic E-state index is 12.6. The van der Waals surface area contributed by atoms with Crippen LogP contribution in [0.5, 0.6) is 11.5 Å². The Morgan fingerprint density at radius 3 is 2.62 bits per heavy atom. The molecule has 8 heteroatoms. The second-order valence-electron chi connectivity index (χ2n) is 6.72. The molecule has 2 amide bonds. The molecule has 29 heavy (non-hydrogen) atoms. The molecule has 3 rings (SSSR count). The first-order valence-corrected chi connectivity index (χ1v) is 9.11. The van der Waals surface area contributed by atoms with Gasteiger partial charge in [-0.2, -0.15) is 0 Å². The van der Waals surface area contributed by atoms with Crippen LogP contribution in [0.4, 0.5) is 5.69 Å². The quantitative estimate of drug-likeness (QED) is 0.706. The van der Waals surface area contributed by atoms with E-state index in [1.165, 1.54) is 0 Å². The molecular weight excluding hydrogens is 376 g/mol. The van der Waals surface area contributed by atoms with Crippen LogP contribution in [-0.4, -0.2) is 48.1 Å². The van der Waals surface area contributed by atoms with Gasteiger partial charge in [0, 0.05) is 31.3 Å². The third-order valence-corrected chi connectivity index (χ3v) is 4.58. The van der Waals surface area contributed by atoms with Crippen molar-refractivity contribution in [1.82, 2.24) is 4.90 Å². The number of carboxylic acid groups (broad SMARTS) is 1. The van der Waals surface area contributed by atoms with Gasteiger partial charge in [0.05, 0.1) is 13.0 Å². The molecule has 1 fully saturated rings. The number of anilines is 1. The zero-order valence-corrected chi connectivity index (χ0v) is 16.0. The van der Waals surface area contributed by atoms with Crippen molar-refractivity contribution >= 4 is 23.5 Å². The summed E-state index contributed by atoms with van der Waals surface area (Å²) in [4.78, 5) is 37.2. The molecule has 0 saturated carbocycles. The van der Waals surface area contributed by atoms with Gasteiger partial charge in [0.25, 0.3) is 0 Å². The van der Waals surface area contributed by atoms with Gasteiger partial charge in [-0.05, 0) is 29.8 Å². The smallest absolute Gasteiger partial charge is 0.341 e. The highest BCUT2D eigenvalue weighted by atomic mass is 16.5. The third-order valence-electron chi connectivity index (χ3n) is 4.58. The van der Waals surface area contributed by atoms with E-state index < -0.39 is 18.5 Å². The molecule has 152 valence electrons. The van der Waals surface area contributed by atoms with Gasteiger partial charge in [-0.3, -0.25) is 9.59 Å². The Morgan fingerprint density at radius 1 is 1.17 bits per heavy atom. The molecule has 1 aliphatic rings. The van der Waals surface area contributed by atoms with E-state index >= 15 is 0 Å². The molecule has 2 N–H and O–H groups in total. The molecule has 1 atom stereocenters. The van der Waals surface area contributed by atoms with Gasteiger partial charge >= 0.3 is 5.97 Å². The van der Waals surface area contributed by atoms with Crippen molar-refractivity contribution in [2.45, 2.75) is 13.0 Å². The highest BCUT2D eigenvalue weighted by molar-refractivity contribution is 5.97. The van der Waals surface area contributed by atoms with Crippen LogP contribution in [0.3, 0.4) is 0 Å². The number of rotatable bonds is 8. The second kappa shape index (κ2) is 9.09. The van der Waals surface area contributed by atoms with Gasteiger partial charge in [0.2, 0.25) is 11.8 Å². The Kier molecular flexibility index (Phi) is 6.33. The lowest BCUT2D eigenvalue weighted by Gasteiger charge is -2.17. The summed E-state index contributed by atoms with van der Waals surface area (Å²) in [6, 6.07) is 13.9. The molecule has 0 spiro atoms. The number of carbonyl (C=O) groups excluding carboxylic acids is 2. The van der Waals surface area contributed by atoms with Crippen molar-refractivity contribution in [1.29, 1.82) is 0 Å². The summed E-state index contributed by atoms with van der Waals surface area (Å²) in [6.07, 6.45) is 0.150. The lowest BCUT2D eigenvalue weighted by molar-refractivity contribution is -0.139. The summed E-state index contributed by atoms with van der Waals surface area (Å²) in [7, 11) is 1.59. The van der Waals surface area contributed by atoms with Crippen molar-refractivity contribution in [2.75, 3.05) is 25.6 Å². The van der Waals surface area contributed by atoms with Gasteiger partial charge in [-0.25, -0.2) is 4.79 Å². The fourth-order valence-corrected chi connectivity index (χ4v) is 3.10. The molecule has 0 aromatic heterocycles. The fourth-order valence-electron chi connectivity index (χ4n) is 3.10. The van der Waals surface area contributed by atoms with E-state index in [4.69, 9.17) is 14.6 Å². The number of nitrogens with one attached hydrogen (secondary N) is 1. The Hall–Kier alpha value is -3.55. The molecule has 2 aromatic carbocycles. The largest absolute Gasteiger partial charge is 0.497 e. The van der Waals surface area contributed by atoms with Crippen LogP contribution in [0.25, 0.3) is 0 Å². The molecule has 1 aliphatic heterocycles. The van der Waals surface area contributed by atoms with Crippen molar-refractivity contribution in [3.8, 4) is 11.5 Å². The molecule has 8 nitrogen and oxygen atoms in total. The summed E-state index contributed by atoms with van der Waals surface area (Å²) < 4.78 is 10.2. The van der Waals surface area contributed by atoms with Crippen molar-refractivity contribution < 1.29 is 29.0 Å². The number of amides is 2. The van der Waals surface area contributed by atoms with Gasteiger partial charge in [0.1, 0.15) is 11.5 Å². The first-order valence-electron chi connectivity index (χ1n) is 9.11. The monoisotopic (exact) mass is 398 g/mol. The summed E-state index contributed by atoms with van der Waals surface area (Å²) in [5, 5.41) is 11.4. The number of carboxylic acids is 1. The molecule has 0 aliphatic carbocycles. The molecule has 2 aromatic rings. The van der Waals surface area contributed by atoms with Crippen molar-refractivity contribution in [3.63, 3.8) is 0 Å². The lowest BCUT2D eigenvalue weighted by Crippen LogP contribution is -2.28. The van der Waals surface area contributed by atoms with Crippen LogP contribution in [0.15, 0.2) is 48.5 Å². The van der Waals surface area contributed by atoms with E-state index in [0.717, 1.165) is 11.3 Å². The minimum Gasteiger partial charge on any atom is -0.497 e. The van der Waals surface area contributed by atoms with Crippen molar-refractivity contribution in [2.24, 2.45) is 5.92 Å². The Morgan fingerprint density at radius 2 is 1.93 bits per heavy atom. The summed E-state index contributed by atoms with van der Waals surface area (Å²) in [5.74, 6) is -0.780. The summed E-state index contributed by atoms with van der Waals surface area (Å²) >= 11 is 0. The number of hydrogen-bond acceptors (Lipinski definition) is 5. The van der Waals surface area contributed by atoms with Crippen molar-refractivity contribution in [3.05, 3.63) is 54.1 Å². The zero-order chi connectivity index (χ0) is 20.8. The first kappa shape index (κ1) is 20.2. The molecule has 1 saturated heterocycles. The Balaban J connectivity index is 1.57. The lowest BCUT2D eigenvalue weighted by atomic mass is 10.1. The standard InChI is InChI=1S/C21H22N2O6/c1-28-17-7-5-14(6-8-17)11-23-12-15(9-19(23)24)21(27)22-16-3-2-4-18(10-16)29-13-20(25)26/h2-8,10,15H,9,11-13H2,1H3,(H,22,27)(H,25,26)/t15-/m1/s1. The minimum absolute atomic E-state index is 0.0699.